The molecule has 2 saturated carbocycles. The van der Waals surface area contributed by atoms with Crippen molar-refractivity contribution in [3.8, 4) is 11.5 Å². The van der Waals surface area contributed by atoms with Gasteiger partial charge >= 0.3 is 6.18 Å². The second kappa shape index (κ2) is 7.22. The zero-order chi connectivity index (χ0) is 24.0. The molecule has 34 heavy (non-hydrogen) atoms. The third kappa shape index (κ3) is 3.64. The van der Waals surface area contributed by atoms with Crippen LogP contribution >= 0.6 is 0 Å². The van der Waals surface area contributed by atoms with Crippen LogP contribution in [0.4, 0.5) is 13.2 Å². The largest absolute Gasteiger partial charge is 0.451 e. The topological polar surface area (TPSA) is 93.9 Å². The van der Waals surface area contributed by atoms with E-state index in [4.69, 9.17) is 0 Å². The molecule has 12 heteroatoms. The lowest BCUT2D eigenvalue weighted by molar-refractivity contribution is -0.144. The minimum Gasteiger partial charge on any atom is -0.300 e. The third-order valence-corrected chi connectivity index (χ3v) is 10.1. The summed E-state index contributed by atoms with van der Waals surface area (Å²) in [6.45, 7) is 5.81. The Morgan fingerprint density at radius 2 is 1.85 bits per heavy atom. The minimum absolute atomic E-state index is 0.0233. The van der Waals surface area contributed by atoms with Crippen LogP contribution in [0.25, 0.3) is 11.5 Å². The number of halogens is 3. The molecule has 0 aromatic carbocycles. The normalized spacial score (nSPS) is 31.7. The van der Waals surface area contributed by atoms with Crippen molar-refractivity contribution in [2.24, 2.45) is 17.3 Å². The summed E-state index contributed by atoms with van der Waals surface area (Å²) >= 11 is 0. The van der Waals surface area contributed by atoms with Crippen LogP contribution in [0.1, 0.15) is 56.7 Å². The zero-order valence-electron chi connectivity index (χ0n) is 19.0. The van der Waals surface area contributed by atoms with Gasteiger partial charge in [0.15, 0.2) is 15.7 Å². The summed E-state index contributed by atoms with van der Waals surface area (Å²) < 4.78 is 64.4. The lowest BCUT2D eigenvalue weighted by Crippen LogP contribution is -2.50. The van der Waals surface area contributed by atoms with Crippen LogP contribution in [0.2, 0.25) is 0 Å². The Morgan fingerprint density at radius 3 is 2.47 bits per heavy atom. The molecule has 2 unspecified atom stereocenters. The number of sulfone groups is 1. The number of aromatic nitrogens is 5. The van der Waals surface area contributed by atoms with Gasteiger partial charge in [0, 0.05) is 36.2 Å². The van der Waals surface area contributed by atoms with Crippen molar-refractivity contribution < 1.29 is 21.6 Å². The molecule has 2 saturated heterocycles. The fraction of sp³-hybridized carbons (Fsp3) is 0.727. The van der Waals surface area contributed by atoms with Crippen molar-refractivity contribution in [3.63, 3.8) is 0 Å². The average molecular weight is 497 g/mol. The van der Waals surface area contributed by atoms with Gasteiger partial charge in [-0.15, -0.1) is 5.10 Å². The van der Waals surface area contributed by atoms with E-state index in [2.05, 4.69) is 25.0 Å². The van der Waals surface area contributed by atoms with E-state index in [0.717, 1.165) is 44.4 Å². The smallest absolute Gasteiger partial charge is 0.300 e. The number of alkyl halides is 3. The Morgan fingerprint density at radius 1 is 1.15 bits per heavy atom. The first-order valence-corrected chi connectivity index (χ1v) is 13.6. The molecule has 1 spiro atoms. The van der Waals surface area contributed by atoms with Gasteiger partial charge in [-0.05, 0) is 57.6 Å². The molecule has 2 aliphatic heterocycles. The van der Waals surface area contributed by atoms with Gasteiger partial charge in [0.05, 0.1) is 11.5 Å². The Labute approximate surface area is 195 Å². The Hall–Kier alpha value is -2.08. The van der Waals surface area contributed by atoms with Crippen LogP contribution in [-0.4, -0.2) is 68.7 Å². The maximum Gasteiger partial charge on any atom is 0.451 e. The molecule has 0 N–H and O–H groups in total. The van der Waals surface area contributed by atoms with E-state index in [1.54, 1.807) is 0 Å². The van der Waals surface area contributed by atoms with Crippen LogP contribution in [0, 0.1) is 17.3 Å². The molecule has 0 amide bonds. The fourth-order valence-electron chi connectivity index (χ4n) is 6.57. The number of rotatable bonds is 4. The van der Waals surface area contributed by atoms with Gasteiger partial charge in [-0.2, -0.15) is 13.2 Å². The number of fused-ring (bicyclic) bond motifs is 1. The number of nitrogens with zero attached hydrogens (tertiary/aromatic N) is 6. The highest BCUT2D eigenvalue weighted by Gasteiger charge is 2.61. The molecule has 0 radical (unpaired) electrons. The molecule has 2 aromatic heterocycles. The van der Waals surface area contributed by atoms with Crippen LogP contribution in [0.5, 0.6) is 0 Å². The van der Waals surface area contributed by atoms with Crippen molar-refractivity contribution in [3.05, 3.63) is 23.9 Å². The summed E-state index contributed by atoms with van der Waals surface area (Å²) in [6, 6.07) is 1.91. The van der Waals surface area contributed by atoms with E-state index in [9.17, 15) is 21.6 Å². The van der Waals surface area contributed by atoms with Crippen molar-refractivity contribution in [2.45, 2.75) is 57.3 Å². The summed E-state index contributed by atoms with van der Waals surface area (Å²) in [5, 5.41) is 4.52. The molecule has 8 nitrogen and oxygen atoms in total. The zero-order valence-corrected chi connectivity index (χ0v) is 19.8. The number of hydrogen-bond donors (Lipinski definition) is 0. The molecule has 2 aliphatic carbocycles. The molecule has 2 aromatic rings. The maximum absolute atomic E-state index is 13.1. The van der Waals surface area contributed by atoms with E-state index in [1.807, 2.05) is 18.5 Å². The number of likely N-dealkylation sites (tertiary alicyclic amines) is 1. The molecule has 0 bridgehead atoms. The maximum atomic E-state index is 13.1. The van der Waals surface area contributed by atoms with Crippen molar-refractivity contribution in [2.75, 3.05) is 24.6 Å². The van der Waals surface area contributed by atoms with E-state index in [1.165, 1.54) is 6.07 Å². The van der Waals surface area contributed by atoms with Crippen LogP contribution in [0.15, 0.2) is 12.3 Å². The predicted molar refractivity (Wildman–Crippen MR) is 116 cm³/mol. The monoisotopic (exact) mass is 496 g/mol. The first-order chi connectivity index (χ1) is 15.9. The molecule has 6 rings (SSSR count). The molecular formula is C22H27F3N6O2S. The Kier molecular flexibility index (Phi) is 4.75. The quantitative estimate of drug-likeness (QED) is 0.642. The van der Waals surface area contributed by atoms with Gasteiger partial charge in [-0.25, -0.2) is 28.1 Å². The van der Waals surface area contributed by atoms with E-state index in [0.29, 0.717) is 29.4 Å². The average Bonchev–Trinajstić information content (AvgIpc) is 3.18. The summed E-state index contributed by atoms with van der Waals surface area (Å²) in [5.41, 5.74) is 0.0503. The first kappa shape index (κ1) is 22.4. The lowest BCUT2D eigenvalue weighted by atomic mass is 9.91. The van der Waals surface area contributed by atoms with Gasteiger partial charge in [-0.3, -0.25) is 4.90 Å². The van der Waals surface area contributed by atoms with Crippen molar-refractivity contribution >= 4 is 9.84 Å². The molecule has 4 atom stereocenters. The van der Waals surface area contributed by atoms with E-state index in [-0.39, 0.29) is 28.9 Å². The molecule has 4 heterocycles. The van der Waals surface area contributed by atoms with Crippen LogP contribution in [-0.2, 0) is 16.0 Å². The van der Waals surface area contributed by atoms with Gasteiger partial charge in [0.25, 0.3) is 0 Å². The van der Waals surface area contributed by atoms with E-state index < -0.39 is 21.8 Å². The van der Waals surface area contributed by atoms with Gasteiger partial charge in [0.1, 0.15) is 11.5 Å². The first-order valence-electron chi connectivity index (χ1n) is 11.8. The van der Waals surface area contributed by atoms with Gasteiger partial charge < -0.3 is 0 Å². The van der Waals surface area contributed by atoms with Gasteiger partial charge in [-0.1, -0.05) is 0 Å². The summed E-state index contributed by atoms with van der Waals surface area (Å²) in [6.07, 6.45) is -0.479. The van der Waals surface area contributed by atoms with Crippen LogP contribution in [0.3, 0.4) is 0 Å². The highest BCUT2D eigenvalue weighted by Crippen LogP contribution is 2.64. The molecular weight excluding hydrogens is 469 g/mol. The van der Waals surface area contributed by atoms with Crippen LogP contribution < -0.4 is 0 Å². The molecule has 4 fully saturated rings. The highest BCUT2D eigenvalue weighted by molar-refractivity contribution is 7.92. The summed E-state index contributed by atoms with van der Waals surface area (Å²) in [7, 11) is -2.83. The second-order valence-electron chi connectivity index (χ2n) is 10.8. The molecule has 184 valence electrons. The second-order valence-corrected chi connectivity index (χ2v) is 12.9. The Balaban J connectivity index is 1.17. The Bertz CT molecular complexity index is 1220. The van der Waals surface area contributed by atoms with Gasteiger partial charge in [0.2, 0.25) is 5.82 Å². The molecule has 4 aliphatic rings. The SMILES string of the molecule is CC(C)n1nc(-c2ccnc(C(F)(F)F)n2)nc1C1[C@H]2CC(N3CCC4(C3)CS(=O)(=O)C4)C[C@@H]12. The highest BCUT2D eigenvalue weighted by atomic mass is 32.2. The van der Waals surface area contributed by atoms with Crippen molar-refractivity contribution in [1.82, 2.24) is 29.6 Å². The predicted octanol–water partition coefficient (Wildman–Crippen LogP) is 2.95. The van der Waals surface area contributed by atoms with Crippen molar-refractivity contribution in [1.29, 1.82) is 0 Å². The van der Waals surface area contributed by atoms with E-state index >= 15 is 0 Å². The standard InChI is InChI=1S/C22H27F3N6O2S/c1-12(2)31-19(28-18(29-31)16-3-5-26-20(27-16)22(23,24)25)17-14-7-13(8-15(14)17)30-6-4-21(9-30)10-34(32,33)11-21/h3,5,12-15,17H,4,6-11H2,1-2H3/t13?,14-,15+,17?. The summed E-state index contributed by atoms with van der Waals surface area (Å²) in [4.78, 5) is 14.1. The summed E-state index contributed by atoms with van der Waals surface area (Å²) in [5.74, 6) is 1.72. The lowest BCUT2D eigenvalue weighted by Gasteiger charge is -2.38. The minimum atomic E-state index is -4.63. The third-order valence-electron chi connectivity index (χ3n) is 8.04. The fourth-order valence-corrected chi connectivity index (χ4v) is 8.82. The number of hydrogen-bond acceptors (Lipinski definition) is 7.